The number of methoxy groups -OCH3 is 1. The number of ether oxygens (including phenoxy) is 1. The summed E-state index contributed by atoms with van der Waals surface area (Å²) in [6.45, 7) is 7.14. The molecule has 1 aromatic carbocycles. The SMILES string of the molecule is CCN(CC)c1ccc(NC(=O)c2cncc(C(=O)NCCCOC)c2)cc1. The van der Waals surface area contributed by atoms with E-state index in [-0.39, 0.29) is 11.8 Å². The third-order valence-electron chi connectivity index (χ3n) is 4.33. The number of rotatable bonds is 10. The summed E-state index contributed by atoms with van der Waals surface area (Å²) >= 11 is 0. The summed E-state index contributed by atoms with van der Waals surface area (Å²) in [7, 11) is 1.62. The van der Waals surface area contributed by atoms with E-state index in [2.05, 4.69) is 34.4 Å². The number of aromatic nitrogens is 1. The van der Waals surface area contributed by atoms with Crippen LogP contribution < -0.4 is 15.5 Å². The summed E-state index contributed by atoms with van der Waals surface area (Å²) in [6, 6.07) is 9.23. The van der Waals surface area contributed by atoms with E-state index in [1.807, 2.05) is 24.3 Å². The normalized spacial score (nSPS) is 10.4. The second-order valence-electron chi connectivity index (χ2n) is 6.24. The number of hydrogen-bond acceptors (Lipinski definition) is 5. The molecule has 0 saturated heterocycles. The Bertz CT molecular complexity index is 773. The van der Waals surface area contributed by atoms with Crippen LogP contribution in [-0.4, -0.2) is 50.1 Å². The molecule has 2 rings (SSSR count). The van der Waals surface area contributed by atoms with Crippen LogP contribution in [0.25, 0.3) is 0 Å². The summed E-state index contributed by atoms with van der Waals surface area (Å²) in [5, 5.41) is 5.62. The number of carbonyl (C=O) groups is 2. The van der Waals surface area contributed by atoms with Crippen molar-refractivity contribution in [2.24, 2.45) is 0 Å². The molecular weight excluding hydrogens is 356 g/mol. The predicted molar refractivity (Wildman–Crippen MR) is 111 cm³/mol. The molecule has 7 nitrogen and oxygen atoms in total. The van der Waals surface area contributed by atoms with Gasteiger partial charge in [0.25, 0.3) is 11.8 Å². The lowest BCUT2D eigenvalue weighted by Gasteiger charge is -2.21. The van der Waals surface area contributed by atoms with Crippen LogP contribution in [0.3, 0.4) is 0 Å². The van der Waals surface area contributed by atoms with Crippen LogP contribution in [0.2, 0.25) is 0 Å². The Hall–Kier alpha value is -2.93. The summed E-state index contributed by atoms with van der Waals surface area (Å²) in [4.78, 5) is 30.9. The van der Waals surface area contributed by atoms with Gasteiger partial charge in [-0.25, -0.2) is 0 Å². The molecule has 150 valence electrons. The molecule has 2 N–H and O–H groups in total. The molecule has 0 aliphatic heterocycles. The molecule has 0 fully saturated rings. The van der Waals surface area contributed by atoms with Crippen molar-refractivity contribution < 1.29 is 14.3 Å². The lowest BCUT2D eigenvalue weighted by molar-refractivity contribution is 0.0948. The molecule has 1 aromatic heterocycles. The van der Waals surface area contributed by atoms with Gasteiger partial charge in [-0.2, -0.15) is 0 Å². The fourth-order valence-corrected chi connectivity index (χ4v) is 2.76. The number of nitrogens with zero attached hydrogens (tertiary/aromatic N) is 2. The molecule has 0 spiro atoms. The summed E-state index contributed by atoms with van der Waals surface area (Å²) in [6.07, 6.45) is 3.61. The molecule has 1 heterocycles. The maximum atomic E-state index is 12.5. The van der Waals surface area contributed by atoms with Crippen molar-refractivity contribution in [2.45, 2.75) is 20.3 Å². The van der Waals surface area contributed by atoms with E-state index in [0.29, 0.717) is 30.0 Å². The number of pyridine rings is 1. The van der Waals surface area contributed by atoms with Crippen LogP contribution in [0.5, 0.6) is 0 Å². The van der Waals surface area contributed by atoms with E-state index < -0.39 is 0 Å². The van der Waals surface area contributed by atoms with Crippen molar-refractivity contribution in [1.82, 2.24) is 10.3 Å². The molecule has 0 aliphatic carbocycles. The average Bonchev–Trinajstić information content (AvgIpc) is 2.73. The van der Waals surface area contributed by atoms with Crippen LogP contribution in [0, 0.1) is 0 Å². The fourth-order valence-electron chi connectivity index (χ4n) is 2.76. The first-order valence-electron chi connectivity index (χ1n) is 9.47. The number of carbonyl (C=O) groups excluding carboxylic acids is 2. The lowest BCUT2D eigenvalue weighted by Crippen LogP contribution is -2.25. The number of anilines is 2. The van der Waals surface area contributed by atoms with Crippen molar-refractivity contribution in [3.63, 3.8) is 0 Å². The van der Waals surface area contributed by atoms with E-state index >= 15 is 0 Å². The molecule has 0 radical (unpaired) electrons. The monoisotopic (exact) mass is 384 g/mol. The Morgan fingerprint density at radius 1 is 1.04 bits per heavy atom. The zero-order valence-corrected chi connectivity index (χ0v) is 16.7. The molecule has 7 heteroatoms. The molecular formula is C21H28N4O3. The molecule has 28 heavy (non-hydrogen) atoms. The second kappa shape index (κ2) is 11.0. The van der Waals surface area contributed by atoms with Gasteiger partial charge in [0.1, 0.15) is 0 Å². The Balaban J connectivity index is 1.99. The largest absolute Gasteiger partial charge is 0.385 e. The topological polar surface area (TPSA) is 83.6 Å². The quantitative estimate of drug-likeness (QED) is 0.616. The molecule has 0 atom stereocenters. The van der Waals surface area contributed by atoms with Crippen molar-refractivity contribution >= 4 is 23.2 Å². The third kappa shape index (κ3) is 6.06. The Morgan fingerprint density at radius 3 is 2.29 bits per heavy atom. The van der Waals surface area contributed by atoms with Crippen LogP contribution in [-0.2, 0) is 4.74 Å². The fraction of sp³-hybridized carbons (Fsp3) is 0.381. The van der Waals surface area contributed by atoms with E-state index in [0.717, 1.165) is 25.2 Å². The number of nitrogens with one attached hydrogen (secondary N) is 2. The van der Waals surface area contributed by atoms with Gasteiger partial charge in [0, 0.05) is 57.1 Å². The Kier molecular flexibility index (Phi) is 8.42. The predicted octanol–water partition coefficient (Wildman–Crippen LogP) is 2.95. The van der Waals surface area contributed by atoms with Crippen molar-refractivity contribution in [2.75, 3.05) is 43.6 Å². The van der Waals surface area contributed by atoms with Gasteiger partial charge in [-0.3, -0.25) is 14.6 Å². The van der Waals surface area contributed by atoms with Gasteiger partial charge in [0.15, 0.2) is 0 Å². The summed E-state index contributed by atoms with van der Waals surface area (Å²) < 4.78 is 4.95. The minimum absolute atomic E-state index is 0.262. The standard InChI is InChI=1S/C21H28N4O3/c1-4-25(5-2)19-9-7-18(8-10-19)24-21(27)17-13-16(14-22-15-17)20(26)23-11-6-12-28-3/h7-10,13-15H,4-6,11-12H2,1-3H3,(H,23,26)(H,24,27). The first-order chi connectivity index (χ1) is 13.6. The van der Waals surface area contributed by atoms with Crippen LogP contribution in [0.1, 0.15) is 41.0 Å². The molecule has 2 aromatic rings. The molecule has 0 aliphatic rings. The van der Waals surface area contributed by atoms with Gasteiger partial charge in [-0.1, -0.05) is 0 Å². The first kappa shape index (κ1) is 21.4. The highest BCUT2D eigenvalue weighted by molar-refractivity contribution is 6.05. The molecule has 0 saturated carbocycles. The Labute approximate surface area is 166 Å². The van der Waals surface area contributed by atoms with E-state index in [1.165, 1.54) is 18.5 Å². The zero-order valence-electron chi connectivity index (χ0n) is 16.7. The molecule has 2 amide bonds. The van der Waals surface area contributed by atoms with E-state index in [9.17, 15) is 9.59 Å². The summed E-state index contributed by atoms with van der Waals surface area (Å²) in [5.41, 5.74) is 2.48. The summed E-state index contributed by atoms with van der Waals surface area (Å²) in [5.74, 6) is -0.570. The molecule has 0 bridgehead atoms. The minimum atomic E-state index is -0.308. The highest BCUT2D eigenvalue weighted by atomic mass is 16.5. The third-order valence-corrected chi connectivity index (χ3v) is 4.33. The molecule has 0 unspecified atom stereocenters. The second-order valence-corrected chi connectivity index (χ2v) is 6.24. The van der Waals surface area contributed by atoms with Crippen molar-refractivity contribution in [3.8, 4) is 0 Å². The number of amides is 2. The van der Waals surface area contributed by atoms with Gasteiger partial charge in [0.05, 0.1) is 11.1 Å². The van der Waals surface area contributed by atoms with Gasteiger partial charge in [-0.15, -0.1) is 0 Å². The number of benzene rings is 1. The first-order valence-corrected chi connectivity index (χ1v) is 9.47. The van der Waals surface area contributed by atoms with Crippen molar-refractivity contribution in [1.29, 1.82) is 0 Å². The van der Waals surface area contributed by atoms with E-state index in [1.54, 1.807) is 7.11 Å². The Morgan fingerprint density at radius 2 is 1.68 bits per heavy atom. The lowest BCUT2D eigenvalue weighted by atomic mass is 10.1. The van der Waals surface area contributed by atoms with Crippen LogP contribution in [0.15, 0.2) is 42.7 Å². The van der Waals surface area contributed by atoms with E-state index in [4.69, 9.17) is 4.74 Å². The zero-order chi connectivity index (χ0) is 20.4. The highest BCUT2D eigenvalue weighted by Crippen LogP contribution is 2.18. The van der Waals surface area contributed by atoms with Crippen LogP contribution >= 0.6 is 0 Å². The minimum Gasteiger partial charge on any atom is -0.385 e. The smallest absolute Gasteiger partial charge is 0.257 e. The van der Waals surface area contributed by atoms with Gasteiger partial charge < -0.3 is 20.3 Å². The highest BCUT2D eigenvalue weighted by Gasteiger charge is 2.12. The number of hydrogen-bond donors (Lipinski definition) is 2. The van der Waals surface area contributed by atoms with Crippen molar-refractivity contribution in [3.05, 3.63) is 53.9 Å². The van der Waals surface area contributed by atoms with Gasteiger partial charge >= 0.3 is 0 Å². The van der Waals surface area contributed by atoms with Crippen LogP contribution in [0.4, 0.5) is 11.4 Å². The van der Waals surface area contributed by atoms with Gasteiger partial charge in [0.2, 0.25) is 0 Å². The maximum absolute atomic E-state index is 12.5. The maximum Gasteiger partial charge on any atom is 0.257 e. The average molecular weight is 384 g/mol. The van der Waals surface area contributed by atoms with Gasteiger partial charge in [-0.05, 0) is 50.6 Å².